The molecule has 0 atom stereocenters. The smallest absolute Gasteiger partial charge is 0.0866 e. The number of hydrogen-bond acceptors (Lipinski definition) is 4. The molecule has 1 fully saturated rings. The predicted octanol–water partition coefficient (Wildman–Crippen LogP) is 0.0793. The maximum absolute atomic E-state index is 8.58. The van der Waals surface area contributed by atoms with E-state index < -0.39 is 0 Å². The molecular formula is C11H22N4. The van der Waals surface area contributed by atoms with Crippen LogP contribution in [0.3, 0.4) is 0 Å². The molecule has 0 bridgehead atoms. The van der Waals surface area contributed by atoms with Gasteiger partial charge in [0.1, 0.15) is 0 Å². The van der Waals surface area contributed by atoms with Gasteiger partial charge in [-0.25, -0.2) is 0 Å². The quantitative estimate of drug-likeness (QED) is 0.602. The van der Waals surface area contributed by atoms with Crippen LogP contribution in [0.25, 0.3) is 0 Å². The van der Waals surface area contributed by atoms with Crippen LogP contribution in [0.4, 0.5) is 0 Å². The van der Waals surface area contributed by atoms with E-state index in [9.17, 15) is 0 Å². The molecule has 1 aliphatic heterocycles. The third kappa shape index (κ3) is 5.12. The highest BCUT2D eigenvalue weighted by atomic mass is 15.3. The first-order valence-electron chi connectivity index (χ1n) is 5.69. The van der Waals surface area contributed by atoms with Crippen molar-refractivity contribution in [3.8, 4) is 6.07 Å². The van der Waals surface area contributed by atoms with Crippen molar-refractivity contribution < 1.29 is 0 Å². The van der Waals surface area contributed by atoms with E-state index in [4.69, 9.17) is 5.26 Å². The Hall–Kier alpha value is -0.630. The van der Waals surface area contributed by atoms with Gasteiger partial charge in [0.25, 0.3) is 0 Å². The first-order valence-corrected chi connectivity index (χ1v) is 5.69. The summed E-state index contributed by atoms with van der Waals surface area (Å²) in [6.07, 6.45) is 1.24. The summed E-state index contributed by atoms with van der Waals surface area (Å²) in [6.45, 7) is 7.29. The maximum atomic E-state index is 8.58. The molecule has 0 saturated carbocycles. The molecule has 4 heteroatoms. The van der Waals surface area contributed by atoms with Gasteiger partial charge in [0.15, 0.2) is 0 Å². The highest BCUT2D eigenvalue weighted by molar-refractivity contribution is 4.80. The van der Waals surface area contributed by atoms with Crippen molar-refractivity contribution in [2.24, 2.45) is 0 Å². The fourth-order valence-electron chi connectivity index (χ4n) is 1.88. The first-order chi connectivity index (χ1) is 7.22. The van der Waals surface area contributed by atoms with Crippen molar-refractivity contribution in [1.82, 2.24) is 14.7 Å². The topological polar surface area (TPSA) is 33.5 Å². The zero-order valence-electron chi connectivity index (χ0n) is 9.95. The fraction of sp³-hybridized carbons (Fsp3) is 0.909. The highest BCUT2D eigenvalue weighted by Gasteiger charge is 2.15. The zero-order chi connectivity index (χ0) is 11.1. The molecule has 15 heavy (non-hydrogen) atoms. The summed E-state index contributed by atoms with van der Waals surface area (Å²) in [5.41, 5.74) is 0. The van der Waals surface area contributed by atoms with E-state index in [0.29, 0.717) is 6.54 Å². The summed E-state index contributed by atoms with van der Waals surface area (Å²) >= 11 is 0. The largest absolute Gasteiger partial charge is 0.309 e. The molecule has 1 saturated heterocycles. The Kier molecular flexibility index (Phi) is 5.62. The molecule has 0 unspecified atom stereocenters. The summed E-state index contributed by atoms with van der Waals surface area (Å²) < 4.78 is 0. The molecule has 0 aromatic rings. The Morgan fingerprint density at radius 2 is 1.73 bits per heavy atom. The molecule has 1 aliphatic rings. The van der Waals surface area contributed by atoms with Crippen molar-refractivity contribution in [2.45, 2.75) is 6.42 Å². The lowest BCUT2D eigenvalue weighted by Crippen LogP contribution is -2.46. The van der Waals surface area contributed by atoms with E-state index >= 15 is 0 Å². The van der Waals surface area contributed by atoms with Gasteiger partial charge in [0.2, 0.25) is 0 Å². The number of piperazine rings is 1. The summed E-state index contributed by atoms with van der Waals surface area (Å²) in [5.74, 6) is 0. The minimum Gasteiger partial charge on any atom is -0.309 e. The zero-order valence-corrected chi connectivity index (χ0v) is 9.95. The van der Waals surface area contributed by atoms with Crippen LogP contribution in [0.1, 0.15) is 6.42 Å². The molecule has 0 spiro atoms. The van der Waals surface area contributed by atoms with E-state index in [-0.39, 0.29) is 0 Å². The minimum absolute atomic E-state index is 0.589. The van der Waals surface area contributed by atoms with Crippen LogP contribution < -0.4 is 0 Å². The summed E-state index contributed by atoms with van der Waals surface area (Å²) in [5, 5.41) is 8.58. The standard InChI is InChI=1S/C11H22N4/c1-13(2)5-3-6-14-8-10-15(7-4-12)11-9-14/h3,5-11H2,1-2H3. The highest BCUT2D eigenvalue weighted by Crippen LogP contribution is 2.01. The van der Waals surface area contributed by atoms with Gasteiger partial charge < -0.3 is 9.80 Å². The molecule has 0 aliphatic carbocycles. The van der Waals surface area contributed by atoms with Gasteiger partial charge >= 0.3 is 0 Å². The maximum Gasteiger partial charge on any atom is 0.0866 e. The Morgan fingerprint density at radius 3 is 2.27 bits per heavy atom. The third-order valence-electron chi connectivity index (χ3n) is 2.84. The number of nitriles is 1. The molecule has 0 aromatic heterocycles. The van der Waals surface area contributed by atoms with Gasteiger partial charge in [-0.1, -0.05) is 0 Å². The molecular weight excluding hydrogens is 188 g/mol. The number of nitrogens with zero attached hydrogens (tertiary/aromatic N) is 4. The first kappa shape index (κ1) is 12.4. The van der Waals surface area contributed by atoms with Crippen LogP contribution in [0.2, 0.25) is 0 Å². The molecule has 1 rings (SSSR count). The Balaban J connectivity index is 2.07. The van der Waals surface area contributed by atoms with Crippen molar-refractivity contribution in [1.29, 1.82) is 5.26 Å². The van der Waals surface area contributed by atoms with Crippen LogP contribution in [0.5, 0.6) is 0 Å². The van der Waals surface area contributed by atoms with E-state index in [1.165, 1.54) is 19.5 Å². The molecule has 0 amide bonds. The van der Waals surface area contributed by atoms with E-state index in [0.717, 1.165) is 26.2 Å². The molecule has 0 N–H and O–H groups in total. The molecule has 0 radical (unpaired) electrons. The van der Waals surface area contributed by atoms with Crippen molar-refractivity contribution >= 4 is 0 Å². The monoisotopic (exact) mass is 210 g/mol. The van der Waals surface area contributed by atoms with Gasteiger partial charge in [-0.2, -0.15) is 5.26 Å². The Bertz CT molecular complexity index is 201. The van der Waals surface area contributed by atoms with Gasteiger partial charge in [-0.05, 0) is 33.6 Å². The average molecular weight is 210 g/mol. The van der Waals surface area contributed by atoms with Crippen LogP contribution in [0.15, 0.2) is 0 Å². The van der Waals surface area contributed by atoms with Crippen molar-refractivity contribution in [3.05, 3.63) is 0 Å². The number of hydrogen-bond donors (Lipinski definition) is 0. The minimum atomic E-state index is 0.589. The average Bonchev–Trinajstić information content (AvgIpc) is 2.20. The lowest BCUT2D eigenvalue weighted by atomic mass is 10.3. The lowest BCUT2D eigenvalue weighted by Gasteiger charge is -2.33. The summed E-state index contributed by atoms with van der Waals surface area (Å²) in [6, 6.07) is 2.21. The summed E-state index contributed by atoms with van der Waals surface area (Å²) in [4.78, 5) is 6.95. The van der Waals surface area contributed by atoms with Crippen molar-refractivity contribution in [3.63, 3.8) is 0 Å². The molecule has 4 nitrogen and oxygen atoms in total. The van der Waals surface area contributed by atoms with E-state index in [2.05, 4.69) is 34.9 Å². The second-order valence-corrected chi connectivity index (χ2v) is 4.43. The fourth-order valence-corrected chi connectivity index (χ4v) is 1.88. The van der Waals surface area contributed by atoms with Crippen molar-refractivity contribution in [2.75, 3.05) is 59.9 Å². The van der Waals surface area contributed by atoms with Crippen LogP contribution in [-0.4, -0.2) is 74.6 Å². The Labute approximate surface area is 93.1 Å². The second kappa shape index (κ2) is 6.78. The predicted molar refractivity (Wildman–Crippen MR) is 61.7 cm³/mol. The van der Waals surface area contributed by atoms with E-state index in [1.807, 2.05) is 0 Å². The van der Waals surface area contributed by atoms with Gasteiger partial charge in [-0.15, -0.1) is 0 Å². The third-order valence-corrected chi connectivity index (χ3v) is 2.84. The van der Waals surface area contributed by atoms with Gasteiger partial charge in [-0.3, -0.25) is 4.90 Å². The molecule has 86 valence electrons. The van der Waals surface area contributed by atoms with Crippen LogP contribution >= 0.6 is 0 Å². The second-order valence-electron chi connectivity index (χ2n) is 4.43. The normalized spacial score (nSPS) is 19.3. The Morgan fingerprint density at radius 1 is 1.13 bits per heavy atom. The molecule has 0 aromatic carbocycles. The van der Waals surface area contributed by atoms with E-state index in [1.54, 1.807) is 0 Å². The SMILES string of the molecule is CN(C)CCCN1CCN(CC#N)CC1. The van der Waals surface area contributed by atoms with Gasteiger partial charge in [0, 0.05) is 26.2 Å². The van der Waals surface area contributed by atoms with Crippen LogP contribution in [0, 0.1) is 11.3 Å². The van der Waals surface area contributed by atoms with Crippen LogP contribution in [-0.2, 0) is 0 Å². The van der Waals surface area contributed by atoms with Gasteiger partial charge in [0.05, 0.1) is 12.6 Å². The number of rotatable bonds is 5. The summed E-state index contributed by atoms with van der Waals surface area (Å²) in [7, 11) is 4.23. The molecule has 1 heterocycles. The lowest BCUT2D eigenvalue weighted by molar-refractivity contribution is 0.140.